The third kappa shape index (κ3) is 3.55. The molecular formula is C14H16ClNO2S. The van der Waals surface area contributed by atoms with Crippen LogP contribution < -0.4 is 14.8 Å². The molecule has 0 spiro atoms. The molecule has 0 fully saturated rings. The number of anilines is 1. The van der Waals surface area contributed by atoms with Gasteiger partial charge >= 0.3 is 0 Å². The van der Waals surface area contributed by atoms with Crippen molar-refractivity contribution < 1.29 is 9.47 Å². The van der Waals surface area contributed by atoms with Crippen LogP contribution in [-0.4, -0.2) is 20.8 Å². The second-order valence-electron chi connectivity index (χ2n) is 3.94. The molecule has 0 aliphatic rings. The summed E-state index contributed by atoms with van der Waals surface area (Å²) in [5.74, 6) is 1.36. The monoisotopic (exact) mass is 297 g/mol. The van der Waals surface area contributed by atoms with Gasteiger partial charge in [-0.15, -0.1) is 11.3 Å². The molecule has 2 aromatic rings. The molecule has 0 aliphatic carbocycles. The molecule has 2 rings (SSSR count). The Balaban J connectivity index is 2.05. The average molecular weight is 298 g/mol. The summed E-state index contributed by atoms with van der Waals surface area (Å²) in [5, 5.41) is 5.98. The molecule has 19 heavy (non-hydrogen) atoms. The first kappa shape index (κ1) is 14.0. The van der Waals surface area contributed by atoms with Crippen LogP contribution in [0.15, 0.2) is 29.6 Å². The topological polar surface area (TPSA) is 30.5 Å². The summed E-state index contributed by atoms with van der Waals surface area (Å²) >= 11 is 7.83. The predicted octanol–water partition coefficient (Wildman–Crippen LogP) is 4.07. The van der Waals surface area contributed by atoms with Crippen LogP contribution in [0.3, 0.4) is 0 Å². The lowest BCUT2D eigenvalue weighted by atomic mass is 10.2. The first-order chi connectivity index (χ1) is 9.24. The molecule has 1 aromatic carbocycles. The van der Waals surface area contributed by atoms with Gasteiger partial charge in [0.05, 0.1) is 24.9 Å². The lowest BCUT2D eigenvalue weighted by Crippen LogP contribution is -2.05. The van der Waals surface area contributed by atoms with Crippen LogP contribution in [-0.2, 0) is 6.42 Å². The highest BCUT2D eigenvalue weighted by atomic mass is 35.5. The quantitative estimate of drug-likeness (QED) is 0.872. The predicted molar refractivity (Wildman–Crippen MR) is 81.1 cm³/mol. The normalized spacial score (nSPS) is 10.3. The number of thiophene rings is 1. The fraction of sp³-hybridized carbons (Fsp3) is 0.286. The van der Waals surface area contributed by atoms with Gasteiger partial charge in [0.1, 0.15) is 11.5 Å². The van der Waals surface area contributed by atoms with E-state index in [0.717, 1.165) is 24.4 Å². The molecule has 1 aromatic heterocycles. The summed E-state index contributed by atoms with van der Waals surface area (Å²) in [5.41, 5.74) is 0.889. The molecule has 0 bridgehead atoms. The highest BCUT2D eigenvalue weighted by molar-refractivity contribution is 7.09. The maximum absolute atomic E-state index is 6.06. The number of methoxy groups -OCH3 is 2. The summed E-state index contributed by atoms with van der Waals surface area (Å²) in [7, 11) is 3.23. The fourth-order valence-electron chi connectivity index (χ4n) is 1.77. The smallest absolute Gasteiger partial charge is 0.143 e. The molecule has 0 saturated heterocycles. The Kier molecular flexibility index (Phi) is 4.93. The van der Waals surface area contributed by atoms with Gasteiger partial charge in [0, 0.05) is 23.6 Å². The van der Waals surface area contributed by atoms with Crippen LogP contribution in [0, 0.1) is 0 Å². The molecular weight excluding hydrogens is 282 g/mol. The highest BCUT2D eigenvalue weighted by Gasteiger charge is 2.09. The number of halogens is 1. The molecule has 1 heterocycles. The van der Waals surface area contributed by atoms with Crippen molar-refractivity contribution in [3.8, 4) is 11.5 Å². The average Bonchev–Trinajstić information content (AvgIpc) is 2.93. The Hall–Kier alpha value is -1.39. The Morgan fingerprint density at radius 3 is 2.63 bits per heavy atom. The van der Waals surface area contributed by atoms with E-state index < -0.39 is 0 Å². The Bertz CT molecular complexity index is 528. The van der Waals surface area contributed by atoms with Crippen LogP contribution in [0.5, 0.6) is 11.5 Å². The van der Waals surface area contributed by atoms with Gasteiger partial charge in [0.2, 0.25) is 0 Å². The van der Waals surface area contributed by atoms with Crippen LogP contribution in [0.2, 0.25) is 5.02 Å². The van der Waals surface area contributed by atoms with E-state index in [0.29, 0.717) is 10.8 Å². The van der Waals surface area contributed by atoms with Gasteiger partial charge in [-0.25, -0.2) is 0 Å². The molecule has 0 unspecified atom stereocenters. The molecule has 102 valence electrons. The van der Waals surface area contributed by atoms with Gasteiger partial charge in [-0.2, -0.15) is 0 Å². The number of hydrogen-bond donors (Lipinski definition) is 1. The maximum Gasteiger partial charge on any atom is 0.143 e. The summed E-state index contributed by atoms with van der Waals surface area (Å²) in [4.78, 5) is 1.35. The van der Waals surface area contributed by atoms with Crippen molar-refractivity contribution in [3.05, 3.63) is 39.5 Å². The van der Waals surface area contributed by atoms with E-state index in [-0.39, 0.29) is 0 Å². The maximum atomic E-state index is 6.06. The number of ether oxygens (including phenoxy) is 2. The lowest BCUT2D eigenvalue weighted by Gasteiger charge is -2.13. The van der Waals surface area contributed by atoms with E-state index in [1.807, 2.05) is 6.07 Å². The van der Waals surface area contributed by atoms with Gasteiger partial charge in [-0.05, 0) is 17.9 Å². The van der Waals surface area contributed by atoms with Crippen molar-refractivity contribution in [3.63, 3.8) is 0 Å². The third-order valence-corrected chi connectivity index (χ3v) is 3.97. The standard InChI is InChI=1S/C14H16ClNO2S/c1-17-13-9-12(14(18-2)8-11(13)15)16-6-5-10-4-3-7-19-10/h3-4,7-9,16H,5-6H2,1-2H3. The number of nitrogens with one attached hydrogen (secondary N) is 1. The van der Waals surface area contributed by atoms with Gasteiger partial charge in [-0.3, -0.25) is 0 Å². The SMILES string of the molecule is COc1cc(NCCc2cccs2)c(OC)cc1Cl. The molecule has 0 atom stereocenters. The van der Waals surface area contributed by atoms with Crippen molar-refractivity contribution in [2.24, 2.45) is 0 Å². The second-order valence-corrected chi connectivity index (χ2v) is 5.38. The minimum absolute atomic E-state index is 0.545. The lowest BCUT2D eigenvalue weighted by molar-refractivity contribution is 0.404. The minimum Gasteiger partial charge on any atom is -0.495 e. The first-order valence-corrected chi connectivity index (χ1v) is 7.18. The minimum atomic E-state index is 0.545. The van der Waals surface area contributed by atoms with E-state index in [2.05, 4.69) is 22.8 Å². The Morgan fingerprint density at radius 1 is 1.21 bits per heavy atom. The van der Waals surface area contributed by atoms with Gasteiger partial charge in [0.15, 0.2) is 0 Å². The molecule has 3 nitrogen and oxygen atoms in total. The fourth-order valence-corrected chi connectivity index (χ4v) is 2.71. The van der Waals surface area contributed by atoms with Crippen LogP contribution in [0.25, 0.3) is 0 Å². The number of hydrogen-bond acceptors (Lipinski definition) is 4. The van der Waals surface area contributed by atoms with E-state index in [1.165, 1.54) is 4.88 Å². The van der Waals surface area contributed by atoms with Gasteiger partial charge in [0.25, 0.3) is 0 Å². The van der Waals surface area contributed by atoms with Crippen molar-refractivity contribution in [2.75, 3.05) is 26.1 Å². The summed E-state index contributed by atoms with van der Waals surface area (Å²) in [6, 6.07) is 7.81. The van der Waals surface area contributed by atoms with Crippen molar-refractivity contribution in [1.29, 1.82) is 0 Å². The number of benzene rings is 1. The molecule has 0 radical (unpaired) electrons. The van der Waals surface area contributed by atoms with Crippen molar-refractivity contribution in [2.45, 2.75) is 6.42 Å². The van der Waals surface area contributed by atoms with Gasteiger partial charge in [-0.1, -0.05) is 17.7 Å². The zero-order valence-electron chi connectivity index (χ0n) is 10.9. The van der Waals surface area contributed by atoms with Crippen molar-refractivity contribution in [1.82, 2.24) is 0 Å². The zero-order chi connectivity index (χ0) is 13.7. The van der Waals surface area contributed by atoms with Crippen molar-refractivity contribution >= 4 is 28.6 Å². The molecule has 0 saturated carbocycles. The second kappa shape index (κ2) is 6.68. The van der Waals surface area contributed by atoms with Crippen LogP contribution in [0.1, 0.15) is 4.88 Å². The largest absolute Gasteiger partial charge is 0.495 e. The highest BCUT2D eigenvalue weighted by Crippen LogP contribution is 2.35. The summed E-state index contributed by atoms with van der Waals surface area (Å²) in [6.07, 6.45) is 0.978. The van der Waals surface area contributed by atoms with E-state index in [1.54, 1.807) is 31.6 Å². The third-order valence-electron chi connectivity index (χ3n) is 2.74. The Labute approximate surface area is 122 Å². The van der Waals surface area contributed by atoms with Crippen LogP contribution >= 0.6 is 22.9 Å². The molecule has 1 N–H and O–H groups in total. The Morgan fingerprint density at radius 2 is 2.00 bits per heavy atom. The van der Waals surface area contributed by atoms with E-state index >= 15 is 0 Å². The van der Waals surface area contributed by atoms with E-state index in [9.17, 15) is 0 Å². The number of rotatable bonds is 6. The summed E-state index contributed by atoms with van der Waals surface area (Å²) in [6.45, 7) is 0.835. The molecule has 0 amide bonds. The van der Waals surface area contributed by atoms with Gasteiger partial charge < -0.3 is 14.8 Å². The zero-order valence-corrected chi connectivity index (χ0v) is 12.5. The molecule has 5 heteroatoms. The van der Waals surface area contributed by atoms with E-state index in [4.69, 9.17) is 21.1 Å². The summed E-state index contributed by atoms with van der Waals surface area (Å²) < 4.78 is 10.5. The molecule has 0 aliphatic heterocycles. The van der Waals surface area contributed by atoms with Crippen LogP contribution in [0.4, 0.5) is 5.69 Å². The first-order valence-electron chi connectivity index (χ1n) is 5.92.